The van der Waals surface area contributed by atoms with Gasteiger partial charge in [0.25, 0.3) is 0 Å². The first-order valence-electron chi connectivity index (χ1n) is 10.3. The van der Waals surface area contributed by atoms with Gasteiger partial charge in [0.2, 0.25) is 0 Å². The molecule has 1 saturated heterocycles. The van der Waals surface area contributed by atoms with Gasteiger partial charge in [0.15, 0.2) is 5.78 Å². The molecule has 1 aromatic carbocycles. The molecule has 1 aromatic rings. The summed E-state index contributed by atoms with van der Waals surface area (Å²) in [6.07, 6.45) is 7.73. The molecule has 0 unspecified atom stereocenters. The van der Waals surface area contributed by atoms with E-state index in [0.717, 1.165) is 29.7 Å². The zero-order valence-corrected chi connectivity index (χ0v) is 16.5. The van der Waals surface area contributed by atoms with Crippen molar-refractivity contribution in [1.82, 2.24) is 10.2 Å². The molecule has 2 aliphatic heterocycles. The number of carbonyl (C=O) groups excluding carboxylic acids is 2. The van der Waals surface area contributed by atoms with Gasteiger partial charge in [0, 0.05) is 32.0 Å². The minimum Gasteiger partial charge on any atom is -0.486 e. The molecule has 2 amide bonds. The van der Waals surface area contributed by atoms with Crippen LogP contribution in [0, 0.1) is 13.8 Å². The molecule has 2 fully saturated rings. The molecule has 3 aliphatic rings. The second kappa shape index (κ2) is 7.17. The number of benzene rings is 1. The Labute approximate surface area is 161 Å². The standard InChI is InChI=1S/C22H30N2O3/c1-15-12-18-19(25)14-22(27-20(18)13-16(15)2)8-10-24(11-9-22)21(26)23-17-6-4-3-5-7-17/h12-13,17H,3-11,14H2,1-2H3,(H,23,26). The normalized spacial score (nSPS) is 22.3. The molecular formula is C22H30N2O3. The number of aryl methyl sites for hydroxylation is 2. The molecular weight excluding hydrogens is 340 g/mol. The van der Waals surface area contributed by atoms with Crippen LogP contribution in [0.2, 0.25) is 0 Å². The highest BCUT2D eigenvalue weighted by Crippen LogP contribution is 2.40. The molecule has 5 heteroatoms. The molecule has 2 heterocycles. The first kappa shape index (κ1) is 18.3. The van der Waals surface area contributed by atoms with Gasteiger partial charge in [0.05, 0.1) is 12.0 Å². The SMILES string of the molecule is Cc1cc2c(cc1C)C(=O)CC1(CCN(C(=O)NC3CCCCC3)CC1)O2. The van der Waals surface area contributed by atoms with Gasteiger partial charge in [0.1, 0.15) is 11.4 Å². The topological polar surface area (TPSA) is 58.6 Å². The lowest BCUT2D eigenvalue weighted by atomic mass is 9.82. The number of nitrogens with zero attached hydrogens (tertiary/aromatic N) is 1. The van der Waals surface area contributed by atoms with Crippen LogP contribution in [0.5, 0.6) is 5.75 Å². The summed E-state index contributed by atoms with van der Waals surface area (Å²) in [5, 5.41) is 3.20. The fourth-order valence-corrected chi connectivity index (χ4v) is 4.66. The Kier molecular flexibility index (Phi) is 4.87. The van der Waals surface area contributed by atoms with E-state index in [1.165, 1.54) is 19.3 Å². The van der Waals surface area contributed by atoms with E-state index >= 15 is 0 Å². The molecule has 27 heavy (non-hydrogen) atoms. The molecule has 4 rings (SSSR count). The van der Waals surface area contributed by atoms with E-state index in [9.17, 15) is 9.59 Å². The van der Waals surface area contributed by atoms with Crippen molar-refractivity contribution >= 4 is 11.8 Å². The van der Waals surface area contributed by atoms with E-state index in [1.807, 2.05) is 30.9 Å². The minimum absolute atomic E-state index is 0.0470. The number of ether oxygens (including phenoxy) is 1. The van der Waals surface area contributed by atoms with Gasteiger partial charge in [-0.15, -0.1) is 0 Å². The van der Waals surface area contributed by atoms with Crippen molar-refractivity contribution < 1.29 is 14.3 Å². The van der Waals surface area contributed by atoms with Crippen LogP contribution in [0.4, 0.5) is 4.79 Å². The van der Waals surface area contributed by atoms with Gasteiger partial charge in [-0.2, -0.15) is 0 Å². The van der Waals surface area contributed by atoms with Crippen molar-refractivity contribution in [1.29, 1.82) is 0 Å². The van der Waals surface area contributed by atoms with E-state index in [4.69, 9.17) is 4.74 Å². The highest BCUT2D eigenvalue weighted by molar-refractivity contribution is 6.00. The second-order valence-corrected chi connectivity index (χ2v) is 8.59. The highest BCUT2D eigenvalue weighted by Gasteiger charge is 2.44. The summed E-state index contributed by atoms with van der Waals surface area (Å²) in [5.41, 5.74) is 2.52. The fraction of sp³-hybridized carbons (Fsp3) is 0.636. The predicted octanol–water partition coefficient (Wildman–Crippen LogP) is 4.15. The molecule has 1 N–H and O–H groups in total. The Bertz CT molecular complexity index is 744. The van der Waals surface area contributed by atoms with Crippen molar-refractivity contribution in [3.05, 3.63) is 28.8 Å². The summed E-state index contributed by atoms with van der Waals surface area (Å²) < 4.78 is 6.37. The highest BCUT2D eigenvalue weighted by atomic mass is 16.5. The van der Waals surface area contributed by atoms with E-state index in [1.54, 1.807) is 0 Å². The Morgan fingerprint density at radius 2 is 1.78 bits per heavy atom. The van der Waals surface area contributed by atoms with Crippen LogP contribution in [0.15, 0.2) is 12.1 Å². The number of hydrogen-bond acceptors (Lipinski definition) is 3. The summed E-state index contributed by atoms with van der Waals surface area (Å²) in [4.78, 5) is 27.2. The number of hydrogen-bond donors (Lipinski definition) is 1. The van der Waals surface area contributed by atoms with Gasteiger partial charge < -0.3 is 15.0 Å². The Balaban J connectivity index is 1.40. The summed E-state index contributed by atoms with van der Waals surface area (Å²) >= 11 is 0. The van der Waals surface area contributed by atoms with Gasteiger partial charge in [-0.3, -0.25) is 4.79 Å². The zero-order valence-electron chi connectivity index (χ0n) is 16.5. The average Bonchev–Trinajstić information content (AvgIpc) is 2.65. The van der Waals surface area contributed by atoms with Crippen LogP contribution < -0.4 is 10.1 Å². The molecule has 5 nitrogen and oxygen atoms in total. The van der Waals surface area contributed by atoms with Crippen LogP contribution in [-0.4, -0.2) is 41.4 Å². The molecule has 1 saturated carbocycles. The number of Topliss-reactive ketones (excluding diaryl/α,β-unsaturated/α-hetero) is 1. The number of likely N-dealkylation sites (tertiary alicyclic amines) is 1. The number of piperidine rings is 1. The Morgan fingerprint density at radius 3 is 2.48 bits per heavy atom. The first-order valence-corrected chi connectivity index (χ1v) is 10.3. The quantitative estimate of drug-likeness (QED) is 0.808. The third-order valence-electron chi connectivity index (χ3n) is 6.60. The number of ketones is 1. The van der Waals surface area contributed by atoms with Gasteiger partial charge in [-0.05, 0) is 49.9 Å². The van der Waals surface area contributed by atoms with E-state index < -0.39 is 5.60 Å². The fourth-order valence-electron chi connectivity index (χ4n) is 4.66. The number of rotatable bonds is 1. The second-order valence-electron chi connectivity index (χ2n) is 8.59. The summed E-state index contributed by atoms with van der Waals surface area (Å²) in [6, 6.07) is 4.32. The van der Waals surface area contributed by atoms with Crippen LogP contribution in [0.3, 0.4) is 0 Å². The molecule has 0 aromatic heterocycles. The molecule has 0 bridgehead atoms. The van der Waals surface area contributed by atoms with Crippen molar-refractivity contribution in [2.24, 2.45) is 0 Å². The molecule has 0 atom stereocenters. The third kappa shape index (κ3) is 3.69. The lowest BCUT2D eigenvalue weighted by Crippen LogP contribution is -2.55. The van der Waals surface area contributed by atoms with Crippen molar-refractivity contribution in [2.75, 3.05) is 13.1 Å². The van der Waals surface area contributed by atoms with Crippen molar-refractivity contribution in [3.63, 3.8) is 0 Å². The van der Waals surface area contributed by atoms with Crippen LogP contribution in [-0.2, 0) is 0 Å². The van der Waals surface area contributed by atoms with E-state index in [2.05, 4.69) is 5.32 Å². The summed E-state index contributed by atoms with van der Waals surface area (Å²) in [6.45, 7) is 5.36. The van der Waals surface area contributed by atoms with Gasteiger partial charge in [-0.25, -0.2) is 4.79 Å². The molecule has 146 valence electrons. The average molecular weight is 370 g/mol. The molecule has 1 spiro atoms. The van der Waals surface area contributed by atoms with Crippen LogP contribution >= 0.6 is 0 Å². The largest absolute Gasteiger partial charge is 0.486 e. The maximum atomic E-state index is 12.7. The number of nitrogens with one attached hydrogen (secondary N) is 1. The number of urea groups is 1. The van der Waals surface area contributed by atoms with Crippen molar-refractivity contribution in [3.8, 4) is 5.75 Å². The third-order valence-corrected chi connectivity index (χ3v) is 6.60. The van der Waals surface area contributed by atoms with Crippen LogP contribution in [0.1, 0.15) is 72.9 Å². The Hall–Kier alpha value is -2.04. The molecule has 0 radical (unpaired) electrons. The zero-order chi connectivity index (χ0) is 19.0. The maximum Gasteiger partial charge on any atom is 0.317 e. The van der Waals surface area contributed by atoms with E-state index in [0.29, 0.717) is 44.0 Å². The van der Waals surface area contributed by atoms with Crippen molar-refractivity contribution in [2.45, 2.75) is 76.9 Å². The maximum absolute atomic E-state index is 12.7. The minimum atomic E-state index is -0.451. The van der Waals surface area contributed by atoms with Gasteiger partial charge >= 0.3 is 6.03 Å². The summed E-state index contributed by atoms with van der Waals surface area (Å²) in [7, 11) is 0. The number of fused-ring (bicyclic) bond motifs is 1. The number of carbonyl (C=O) groups is 2. The number of amides is 2. The predicted molar refractivity (Wildman–Crippen MR) is 104 cm³/mol. The van der Waals surface area contributed by atoms with E-state index in [-0.39, 0.29) is 11.8 Å². The Morgan fingerprint density at radius 1 is 1.11 bits per heavy atom. The lowest BCUT2D eigenvalue weighted by molar-refractivity contribution is -0.000999. The lowest BCUT2D eigenvalue weighted by Gasteiger charge is -2.44. The smallest absolute Gasteiger partial charge is 0.317 e. The first-order chi connectivity index (χ1) is 13.0. The van der Waals surface area contributed by atoms with Crippen LogP contribution in [0.25, 0.3) is 0 Å². The monoisotopic (exact) mass is 370 g/mol. The summed E-state index contributed by atoms with van der Waals surface area (Å²) in [5.74, 6) is 0.883. The molecule has 1 aliphatic carbocycles. The van der Waals surface area contributed by atoms with Gasteiger partial charge in [-0.1, -0.05) is 19.3 Å².